The first-order chi connectivity index (χ1) is 10.6. The maximum atomic E-state index is 13.4. The molecule has 0 saturated heterocycles. The molecule has 7 nitrogen and oxygen atoms in total. The highest BCUT2D eigenvalue weighted by Gasteiger charge is 2.18. The summed E-state index contributed by atoms with van der Waals surface area (Å²) in [6, 6.07) is 5.22. The summed E-state index contributed by atoms with van der Waals surface area (Å²) in [5.74, 6) is -1.12. The van der Waals surface area contributed by atoms with E-state index in [0.29, 0.717) is 12.1 Å². The molecule has 0 atom stereocenters. The van der Waals surface area contributed by atoms with Gasteiger partial charge in [-0.1, -0.05) is 5.16 Å². The van der Waals surface area contributed by atoms with Gasteiger partial charge in [-0.05, 0) is 25.1 Å². The van der Waals surface area contributed by atoms with Crippen molar-refractivity contribution < 1.29 is 13.7 Å². The van der Waals surface area contributed by atoms with Gasteiger partial charge in [0.05, 0.1) is 10.9 Å². The third-order valence-electron chi connectivity index (χ3n) is 3.11. The molecular weight excluding hydrogens is 291 g/mol. The number of carbonyl (C=O) groups is 1. The van der Waals surface area contributed by atoms with E-state index >= 15 is 0 Å². The van der Waals surface area contributed by atoms with Crippen LogP contribution in [0.4, 0.5) is 10.2 Å². The van der Waals surface area contributed by atoms with Gasteiger partial charge >= 0.3 is 0 Å². The van der Waals surface area contributed by atoms with Gasteiger partial charge in [-0.15, -0.1) is 0 Å². The fourth-order valence-corrected chi connectivity index (χ4v) is 2.10. The Bertz CT molecular complexity index is 902. The van der Waals surface area contributed by atoms with Crippen LogP contribution in [0, 0.1) is 5.82 Å². The third kappa shape index (κ3) is 2.34. The molecule has 0 spiro atoms. The monoisotopic (exact) mass is 302 g/mol. The van der Waals surface area contributed by atoms with Gasteiger partial charge < -0.3 is 9.84 Å². The number of rotatable bonds is 3. The lowest BCUT2D eigenvalue weighted by molar-refractivity contribution is 0.101. The van der Waals surface area contributed by atoms with Crippen molar-refractivity contribution in [2.45, 2.75) is 13.5 Å². The summed E-state index contributed by atoms with van der Waals surface area (Å²) < 4.78 is 19.5. The van der Waals surface area contributed by atoms with Crippen molar-refractivity contribution in [3.8, 4) is 0 Å². The second kappa shape index (κ2) is 5.40. The van der Waals surface area contributed by atoms with Crippen LogP contribution in [0.2, 0.25) is 0 Å². The van der Waals surface area contributed by atoms with Crippen LogP contribution in [-0.4, -0.2) is 20.8 Å². The van der Waals surface area contributed by atoms with Gasteiger partial charge in [0.1, 0.15) is 12.1 Å². The normalized spacial score (nSPS) is 10.8. The fourth-order valence-electron chi connectivity index (χ4n) is 2.10. The van der Waals surface area contributed by atoms with E-state index in [0.717, 1.165) is 6.07 Å². The first kappa shape index (κ1) is 13.9. The van der Waals surface area contributed by atoms with E-state index in [2.05, 4.69) is 20.1 Å². The van der Waals surface area contributed by atoms with Crippen molar-refractivity contribution in [3.63, 3.8) is 0 Å². The predicted molar refractivity (Wildman–Crippen MR) is 76.1 cm³/mol. The van der Waals surface area contributed by atoms with Crippen LogP contribution in [0.1, 0.15) is 17.4 Å². The fraction of sp³-hybridized carbons (Fsp3) is 0.143. The largest absolute Gasteiger partial charge is 0.363 e. The van der Waals surface area contributed by atoms with E-state index < -0.39 is 17.2 Å². The number of benzene rings is 1. The van der Waals surface area contributed by atoms with Crippen molar-refractivity contribution in [1.29, 1.82) is 0 Å². The molecule has 0 bridgehead atoms. The van der Waals surface area contributed by atoms with E-state index in [1.807, 2.05) is 0 Å². The standard InChI is InChI=1S/C14H11FN4O3/c1-2-19-10-4-3-8(15)7-9(10)13(20)12(17-19)14(21)16-11-5-6-22-18-11/h3-7H,2H2,1H3,(H,16,18,21). The zero-order valence-electron chi connectivity index (χ0n) is 11.5. The second-order valence-electron chi connectivity index (χ2n) is 4.49. The molecule has 2 aromatic heterocycles. The van der Waals surface area contributed by atoms with E-state index in [4.69, 9.17) is 0 Å². The number of anilines is 1. The number of aryl methyl sites for hydroxylation is 1. The number of nitrogens with one attached hydrogen (secondary N) is 1. The molecule has 2 heterocycles. The van der Waals surface area contributed by atoms with Crippen LogP contribution in [0.5, 0.6) is 0 Å². The number of nitrogens with zero attached hydrogens (tertiary/aromatic N) is 3. The molecule has 0 saturated carbocycles. The Morgan fingerprint density at radius 1 is 1.41 bits per heavy atom. The van der Waals surface area contributed by atoms with Gasteiger partial charge in [0.2, 0.25) is 5.43 Å². The van der Waals surface area contributed by atoms with E-state index in [1.165, 1.54) is 29.1 Å². The van der Waals surface area contributed by atoms with E-state index in [-0.39, 0.29) is 16.9 Å². The quantitative estimate of drug-likeness (QED) is 0.796. The minimum Gasteiger partial charge on any atom is -0.363 e. The van der Waals surface area contributed by atoms with Crippen molar-refractivity contribution in [3.05, 3.63) is 52.3 Å². The van der Waals surface area contributed by atoms with Crippen LogP contribution >= 0.6 is 0 Å². The van der Waals surface area contributed by atoms with E-state index in [1.54, 1.807) is 6.92 Å². The highest BCUT2D eigenvalue weighted by atomic mass is 19.1. The van der Waals surface area contributed by atoms with Gasteiger partial charge in [0.25, 0.3) is 5.91 Å². The number of hydrogen-bond acceptors (Lipinski definition) is 5. The first-order valence-electron chi connectivity index (χ1n) is 6.52. The zero-order chi connectivity index (χ0) is 15.7. The molecule has 0 unspecified atom stereocenters. The minimum absolute atomic E-state index is 0.0992. The highest BCUT2D eigenvalue weighted by Crippen LogP contribution is 2.13. The van der Waals surface area contributed by atoms with Gasteiger partial charge in [-0.3, -0.25) is 14.3 Å². The first-order valence-corrected chi connectivity index (χ1v) is 6.52. The topological polar surface area (TPSA) is 90.0 Å². The molecule has 3 rings (SSSR count). The SMILES string of the molecule is CCn1nc(C(=O)Nc2ccon2)c(=O)c2cc(F)ccc21. The maximum absolute atomic E-state index is 13.4. The summed E-state index contributed by atoms with van der Waals surface area (Å²) in [5, 5.41) is 10.1. The summed E-state index contributed by atoms with van der Waals surface area (Å²) in [6.45, 7) is 2.23. The number of hydrogen-bond donors (Lipinski definition) is 1. The summed E-state index contributed by atoms with van der Waals surface area (Å²) in [7, 11) is 0. The van der Waals surface area contributed by atoms with Crippen molar-refractivity contribution in [2.75, 3.05) is 5.32 Å². The van der Waals surface area contributed by atoms with Gasteiger partial charge in [0.15, 0.2) is 11.5 Å². The highest BCUT2D eigenvalue weighted by molar-refractivity contribution is 6.03. The molecule has 0 radical (unpaired) electrons. The molecule has 1 N–H and O–H groups in total. The number of halogens is 1. The average Bonchev–Trinajstić information content (AvgIpc) is 3.01. The Balaban J connectivity index is 2.15. The van der Waals surface area contributed by atoms with Crippen LogP contribution in [0.3, 0.4) is 0 Å². The number of carbonyl (C=O) groups excluding carboxylic acids is 1. The Morgan fingerprint density at radius 2 is 2.23 bits per heavy atom. The molecular formula is C14H11FN4O3. The Labute approximate surface area is 123 Å². The Kier molecular flexibility index (Phi) is 3.42. The molecule has 22 heavy (non-hydrogen) atoms. The third-order valence-corrected chi connectivity index (χ3v) is 3.11. The summed E-state index contributed by atoms with van der Waals surface area (Å²) in [5.41, 5.74) is -0.505. The molecule has 0 aliphatic carbocycles. The molecule has 1 amide bonds. The predicted octanol–water partition coefficient (Wildman–Crippen LogP) is 1.80. The summed E-state index contributed by atoms with van der Waals surface area (Å²) in [4.78, 5) is 24.5. The molecule has 0 fully saturated rings. The van der Waals surface area contributed by atoms with Crippen LogP contribution < -0.4 is 10.7 Å². The molecule has 3 aromatic rings. The molecule has 8 heteroatoms. The lowest BCUT2D eigenvalue weighted by atomic mass is 10.2. The van der Waals surface area contributed by atoms with Crippen LogP contribution in [0.15, 0.2) is 39.8 Å². The average molecular weight is 302 g/mol. The Hall–Kier alpha value is -3.03. The number of aromatic nitrogens is 3. The molecule has 1 aromatic carbocycles. The van der Waals surface area contributed by atoms with Gasteiger partial charge in [-0.25, -0.2) is 4.39 Å². The lowest BCUT2D eigenvalue weighted by Gasteiger charge is -2.09. The second-order valence-corrected chi connectivity index (χ2v) is 4.49. The summed E-state index contributed by atoms with van der Waals surface area (Å²) >= 11 is 0. The smallest absolute Gasteiger partial charge is 0.281 e. The zero-order valence-corrected chi connectivity index (χ0v) is 11.5. The minimum atomic E-state index is -0.729. The molecule has 0 aliphatic rings. The maximum Gasteiger partial charge on any atom is 0.281 e. The Morgan fingerprint density at radius 3 is 2.91 bits per heavy atom. The van der Waals surface area contributed by atoms with Crippen molar-refractivity contribution >= 4 is 22.6 Å². The molecule has 0 aliphatic heterocycles. The van der Waals surface area contributed by atoms with Gasteiger partial charge in [-0.2, -0.15) is 5.10 Å². The number of fused-ring (bicyclic) bond motifs is 1. The van der Waals surface area contributed by atoms with Crippen LogP contribution in [0.25, 0.3) is 10.9 Å². The van der Waals surface area contributed by atoms with Gasteiger partial charge in [0, 0.05) is 12.6 Å². The number of amides is 1. The summed E-state index contributed by atoms with van der Waals surface area (Å²) in [6.07, 6.45) is 1.28. The lowest BCUT2D eigenvalue weighted by Crippen LogP contribution is -2.27. The van der Waals surface area contributed by atoms with Crippen molar-refractivity contribution in [2.24, 2.45) is 0 Å². The van der Waals surface area contributed by atoms with E-state index in [9.17, 15) is 14.0 Å². The van der Waals surface area contributed by atoms with Crippen LogP contribution in [-0.2, 0) is 6.54 Å². The molecule has 112 valence electrons. The van der Waals surface area contributed by atoms with Crippen molar-refractivity contribution in [1.82, 2.24) is 14.9 Å².